The number of aromatic nitrogens is 1. The van der Waals surface area contributed by atoms with Gasteiger partial charge in [-0.15, -0.1) is 11.3 Å². The number of hydrogen-bond donors (Lipinski definition) is 2. The first-order valence-electron chi connectivity index (χ1n) is 6.94. The molecule has 0 aliphatic carbocycles. The number of likely N-dealkylation sites (N-methyl/N-ethyl adjacent to an activating group) is 1. The monoisotopic (exact) mass is 305 g/mol. The molecule has 0 spiro atoms. The number of rotatable bonds is 2. The van der Waals surface area contributed by atoms with Crippen LogP contribution >= 0.6 is 11.3 Å². The van der Waals surface area contributed by atoms with Crippen molar-refractivity contribution in [1.82, 2.24) is 20.3 Å². The van der Waals surface area contributed by atoms with Crippen molar-refractivity contribution in [2.24, 2.45) is 0 Å². The van der Waals surface area contributed by atoms with Gasteiger partial charge in [-0.1, -0.05) is 0 Å². The number of aryl methyl sites for hydroxylation is 1. The third-order valence-corrected chi connectivity index (χ3v) is 4.92. The van der Waals surface area contributed by atoms with E-state index in [1.165, 1.54) is 11.3 Å². The van der Waals surface area contributed by atoms with Crippen LogP contribution in [0.25, 0.3) is 10.2 Å². The SMILES string of the molecule is Cc1ccnc2sc(C(=O)NN3CCN(C)CC3)c(N)c12. The molecule has 7 heteroatoms. The van der Waals surface area contributed by atoms with Gasteiger partial charge in [0.05, 0.1) is 5.69 Å². The van der Waals surface area contributed by atoms with Crippen LogP contribution in [-0.2, 0) is 0 Å². The maximum atomic E-state index is 12.4. The number of nitrogens with two attached hydrogens (primary N) is 1. The van der Waals surface area contributed by atoms with Crippen molar-refractivity contribution in [2.45, 2.75) is 6.92 Å². The predicted octanol–water partition coefficient (Wildman–Crippen LogP) is 1.08. The quantitative estimate of drug-likeness (QED) is 0.868. The molecule has 0 bridgehead atoms. The molecular formula is C14H19N5OS. The Balaban J connectivity index is 1.82. The molecule has 3 heterocycles. The highest BCUT2D eigenvalue weighted by Crippen LogP contribution is 2.34. The van der Waals surface area contributed by atoms with Gasteiger partial charge < -0.3 is 10.6 Å². The molecular weight excluding hydrogens is 286 g/mol. The lowest BCUT2D eigenvalue weighted by atomic mass is 10.2. The van der Waals surface area contributed by atoms with Crippen LogP contribution in [0.4, 0.5) is 5.69 Å². The van der Waals surface area contributed by atoms with Gasteiger partial charge in [-0.05, 0) is 25.6 Å². The minimum atomic E-state index is -0.139. The van der Waals surface area contributed by atoms with E-state index in [0.29, 0.717) is 10.6 Å². The highest BCUT2D eigenvalue weighted by atomic mass is 32.1. The van der Waals surface area contributed by atoms with Gasteiger partial charge in [0.15, 0.2) is 0 Å². The van der Waals surface area contributed by atoms with Crippen molar-refractivity contribution in [3.05, 3.63) is 22.7 Å². The van der Waals surface area contributed by atoms with E-state index in [0.717, 1.165) is 42.0 Å². The van der Waals surface area contributed by atoms with Crippen molar-refractivity contribution in [3.8, 4) is 0 Å². The van der Waals surface area contributed by atoms with Crippen molar-refractivity contribution < 1.29 is 4.79 Å². The summed E-state index contributed by atoms with van der Waals surface area (Å²) in [7, 11) is 2.08. The number of anilines is 1. The zero-order valence-electron chi connectivity index (χ0n) is 12.2. The van der Waals surface area contributed by atoms with Crippen molar-refractivity contribution in [1.29, 1.82) is 0 Å². The maximum Gasteiger partial charge on any atom is 0.277 e. The molecule has 112 valence electrons. The first-order valence-corrected chi connectivity index (χ1v) is 7.76. The van der Waals surface area contributed by atoms with E-state index >= 15 is 0 Å². The number of pyridine rings is 1. The predicted molar refractivity (Wildman–Crippen MR) is 85.3 cm³/mol. The van der Waals surface area contributed by atoms with Crippen LogP contribution in [-0.4, -0.2) is 54.0 Å². The topological polar surface area (TPSA) is 74.5 Å². The Bertz CT molecular complexity index is 675. The maximum absolute atomic E-state index is 12.4. The third-order valence-electron chi connectivity index (χ3n) is 3.81. The number of nitrogens with zero attached hydrogens (tertiary/aromatic N) is 3. The second-order valence-corrected chi connectivity index (χ2v) is 6.38. The third kappa shape index (κ3) is 2.72. The van der Waals surface area contributed by atoms with Crippen LogP contribution < -0.4 is 11.2 Å². The van der Waals surface area contributed by atoms with E-state index in [9.17, 15) is 4.79 Å². The Hall–Kier alpha value is -1.70. The van der Waals surface area contributed by atoms with Crippen LogP contribution in [0.3, 0.4) is 0 Å². The average Bonchev–Trinajstić information content (AvgIpc) is 2.80. The number of hydrogen-bond acceptors (Lipinski definition) is 6. The van der Waals surface area contributed by atoms with E-state index in [-0.39, 0.29) is 5.91 Å². The molecule has 2 aromatic rings. The molecule has 1 fully saturated rings. The fraction of sp³-hybridized carbons (Fsp3) is 0.429. The molecule has 1 aliphatic rings. The second-order valence-electron chi connectivity index (χ2n) is 5.38. The number of carbonyl (C=O) groups excluding carboxylic acids is 1. The molecule has 0 atom stereocenters. The van der Waals surface area contributed by atoms with Crippen LogP contribution in [0, 0.1) is 6.92 Å². The molecule has 0 saturated carbocycles. The summed E-state index contributed by atoms with van der Waals surface area (Å²) in [6, 6.07) is 1.91. The number of nitrogens with one attached hydrogen (secondary N) is 1. The minimum Gasteiger partial charge on any atom is -0.397 e. The highest BCUT2D eigenvalue weighted by Gasteiger charge is 2.21. The highest BCUT2D eigenvalue weighted by molar-refractivity contribution is 7.21. The summed E-state index contributed by atoms with van der Waals surface area (Å²) in [5.41, 5.74) is 10.7. The molecule has 6 nitrogen and oxygen atoms in total. The normalized spacial score (nSPS) is 17.2. The molecule has 3 rings (SSSR count). The summed E-state index contributed by atoms with van der Waals surface area (Å²) in [5, 5.41) is 2.85. The number of hydrazine groups is 1. The zero-order chi connectivity index (χ0) is 15.0. The minimum absolute atomic E-state index is 0.139. The summed E-state index contributed by atoms with van der Waals surface area (Å²) in [4.78, 5) is 20.3. The van der Waals surface area contributed by atoms with Gasteiger partial charge in [-0.25, -0.2) is 9.99 Å². The second kappa shape index (κ2) is 5.59. The van der Waals surface area contributed by atoms with E-state index in [4.69, 9.17) is 5.73 Å². The fourth-order valence-electron chi connectivity index (χ4n) is 2.48. The summed E-state index contributed by atoms with van der Waals surface area (Å²) >= 11 is 1.35. The molecule has 0 radical (unpaired) electrons. The van der Waals surface area contributed by atoms with E-state index in [1.807, 2.05) is 18.0 Å². The van der Waals surface area contributed by atoms with E-state index < -0.39 is 0 Å². The van der Waals surface area contributed by atoms with Gasteiger partial charge in [0.2, 0.25) is 0 Å². The Kier molecular flexibility index (Phi) is 3.79. The first kappa shape index (κ1) is 14.2. The van der Waals surface area contributed by atoms with Crippen molar-refractivity contribution >= 4 is 33.1 Å². The lowest BCUT2D eigenvalue weighted by Gasteiger charge is -2.32. The van der Waals surface area contributed by atoms with Gasteiger partial charge >= 0.3 is 0 Å². The molecule has 1 aliphatic heterocycles. The number of carbonyl (C=O) groups is 1. The number of thiophene rings is 1. The van der Waals surface area contributed by atoms with Gasteiger partial charge in [-0.3, -0.25) is 10.2 Å². The number of fused-ring (bicyclic) bond motifs is 1. The van der Waals surface area contributed by atoms with Crippen molar-refractivity contribution in [3.63, 3.8) is 0 Å². The van der Waals surface area contributed by atoms with Gasteiger partial charge in [0.1, 0.15) is 9.71 Å². The Labute approximate surface area is 127 Å². The van der Waals surface area contributed by atoms with Gasteiger partial charge in [0, 0.05) is 37.8 Å². The van der Waals surface area contributed by atoms with Crippen LogP contribution in [0.1, 0.15) is 15.2 Å². The standard InChI is InChI=1S/C14H19N5OS/c1-9-3-4-16-14-10(9)11(15)12(21-14)13(20)17-19-7-5-18(2)6-8-19/h3-4H,5-8,15H2,1-2H3,(H,17,20). The molecule has 1 saturated heterocycles. The number of piperazine rings is 1. The van der Waals surface area contributed by atoms with E-state index in [2.05, 4.69) is 22.4 Å². The molecule has 1 amide bonds. The van der Waals surface area contributed by atoms with E-state index in [1.54, 1.807) is 6.20 Å². The van der Waals surface area contributed by atoms with Crippen LogP contribution in [0.2, 0.25) is 0 Å². The molecule has 2 aromatic heterocycles. The van der Waals surface area contributed by atoms with Gasteiger partial charge in [-0.2, -0.15) is 0 Å². The Morgan fingerprint density at radius 2 is 2.10 bits per heavy atom. The van der Waals surface area contributed by atoms with Crippen LogP contribution in [0.15, 0.2) is 12.3 Å². The van der Waals surface area contributed by atoms with Gasteiger partial charge in [0.25, 0.3) is 5.91 Å². The number of nitrogen functional groups attached to an aromatic ring is 1. The Morgan fingerprint density at radius 3 is 2.76 bits per heavy atom. The van der Waals surface area contributed by atoms with Crippen LogP contribution in [0.5, 0.6) is 0 Å². The number of amides is 1. The summed E-state index contributed by atoms with van der Waals surface area (Å²) in [6.07, 6.45) is 1.75. The molecule has 0 aromatic carbocycles. The smallest absolute Gasteiger partial charge is 0.277 e. The average molecular weight is 305 g/mol. The lowest BCUT2D eigenvalue weighted by Crippen LogP contribution is -2.52. The first-order chi connectivity index (χ1) is 10.1. The molecule has 3 N–H and O–H groups in total. The zero-order valence-corrected chi connectivity index (χ0v) is 13.0. The summed E-state index contributed by atoms with van der Waals surface area (Å²) in [5.74, 6) is -0.139. The summed E-state index contributed by atoms with van der Waals surface area (Å²) < 4.78 is 0. The molecule has 0 unspecified atom stereocenters. The fourth-order valence-corrected chi connectivity index (χ4v) is 3.52. The largest absolute Gasteiger partial charge is 0.397 e. The van der Waals surface area contributed by atoms with Crippen molar-refractivity contribution in [2.75, 3.05) is 39.0 Å². The Morgan fingerprint density at radius 1 is 1.38 bits per heavy atom. The molecule has 21 heavy (non-hydrogen) atoms. The summed E-state index contributed by atoms with van der Waals surface area (Å²) in [6.45, 7) is 5.52. The lowest BCUT2D eigenvalue weighted by molar-refractivity contribution is 0.0667.